The van der Waals surface area contributed by atoms with Crippen LogP contribution in [0.3, 0.4) is 0 Å². The van der Waals surface area contributed by atoms with Gasteiger partial charge in [-0.3, -0.25) is 9.59 Å². The van der Waals surface area contributed by atoms with Gasteiger partial charge in [0.15, 0.2) is 0 Å². The van der Waals surface area contributed by atoms with Crippen molar-refractivity contribution in [3.63, 3.8) is 0 Å². The lowest BCUT2D eigenvalue weighted by Gasteiger charge is -2.26. The first-order chi connectivity index (χ1) is 17.7. The van der Waals surface area contributed by atoms with Gasteiger partial charge in [0.25, 0.3) is 11.7 Å². The predicted molar refractivity (Wildman–Crippen MR) is 143 cm³/mol. The summed E-state index contributed by atoms with van der Waals surface area (Å²) in [4.78, 5) is 32.1. The van der Waals surface area contributed by atoms with E-state index in [0.717, 1.165) is 17.5 Å². The molecule has 0 radical (unpaired) electrons. The van der Waals surface area contributed by atoms with Gasteiger partial charge in [-0.1, -0.05) is 52.0 Å². The minimum Gasteiger partial charge on any atom is -0.507 e. The molecule has 3 aromatic rings. The Balaban J connectivity index is 1.70. The van der Waals surface area contributed by atoms with Crippen LogP contribution >= 0.6 is 0 Å². The summed E-state index contributed by atoms with van der Waals surface area (Å²) in [6, 6.07) is 14.2. The number of benzene rings is 2. The summed E-state index contributed by atoms with van der Waals surface area (Å²) in [5.74, 6) is -0.758. The highest BCUT2D eigenvalue weighted by molar-refractivity contribution is 6.46. The summed E-state index contributed by atoms with van der Waals surface area (Å²) in [5.41, 5.74) is 2.48. The summed E-state index contributed by atoms with van der Waals surface area (Å²) < 4.78 is 7.58. The number of carbonyl (C=O) groups excluding carboxylic acids is 2. The highest BCUT2D eigenvalue weighted by Crippen LogP contribution is 2.40. The summed E-state index contributed by atoms with van der Waals surface area (Å²) >= 11 is 0. The number of imidazole rings is 1. The second-order valence-corrected chi connectivity index (χ2v) is 10.4. The fourth-order valence-electron chi connectivity index (χ4n) is 4.55. The van der Waals surface area contributed by atoms with Crippen LogP contribution in [0.25, 0.3) is 5.76 Å². The summed E-state index contributed by atoms with van der Waals surface area (Å²) in [7, 11) is 0. The van der Waals surface area contributed by atoms with Crippen molar-refractivity contribution in [1.29, 1.82) is 0 Å². The average molecular weight is 502 g/mol. The van der Waals surface area contributed by atoms with Gasteiger partial charge >= 0.3 is 0 Å². The van der Waals surface area contributed by atoms with Gasteiger partial charge in [0.1, 0.15) is 11.5 Å². The number of Topliss-reactive ketones (excluding diaryl/α,β-unsaturated/α-hetero) is 1. The van der Waals surface area contributed by atoms with Crippen molar-refractivity contribution in [2.45, 2.75) is 58.5 Å². The zero-order chi connectivity index (χ0) is 26.6. The number of rotatable bonds is 9. The molecule has 1 aromatic heterocycles. The minimum atomic E-state index is -0.673. The standard InChI is InChI=1S/C30H35N3O4/c1-5-19-37-24-13-9-22(10-14-24)27(34)25-26(21-7-11-23(12-8-21)30(2,3)4)33(29(36)28(25)35)17-6-16-32-18-15-31-20-32/h7-15,18,20,26,34H,5-6,16-17,19H2,1-4H3/b27-25+/t26-/m0/s1. The normalized spacial score (nSPS) is 17.4. The molecular formula is C30H35N3O4. The van der Waals surface area contributed by atoms with E-state index in [0.29, 0.717) is 37.4 Å². The maximum Gasteiger partial charge on any atom is 0.295 e. The largest absolute Gasteiger partial charge is 0.507 e. The molecule has 0 aliphatic carbocycles. The molecule has 7 heteroatoms. The molecule has 4 rings (SSSR count). The minimum absolute atomic E-state index is 0.0350. The molecule has 2 aromatic carbocycles. The average Bonchev–Trinajstić information content (AvgIpc) is 3.49. The number of carbonyl (C=O) groups is 2. The molecule has 2 heterocycles. The molecule has 1 aliphatic rings. The smallest absolute Gasteiger partial charge is 0.295 e. The second-order valence-electron chi connectivity index (χ2n) is 10.4. The van der Waals surface area contributed by atoms with Crippen LogP contribution in [0.1, 0.15) is 63.3 Å². The molecular weight excluding hydrogens is 466 g/mol. The van der Waals surface area contributed by atoms with Gasteiger partial charge in [-0.2, -0.15) is 0 Å². The second kappa shape index (κ2) is 11.0. The number of aromatic nitrogens is 2. The zero-order valence-corrected chi connectivity index (χ0v) is 22.0. The van der Waals surface area contributed by atoms with E-state index in [9.17, 15) is 14.7 Å². The summed E-state index contributed by atoms with van der Waals surface area (Å²) in [6.45, 7) is 10.1. The Morgan fingerprint density at radius 2 is 1.73 bits per heavy atom. The number of hydrogen-bond acceptors (Lipinski definition) is 5. The van der Waals surface area contributed by atoms with E-state index in [1.165, 1.54) is 0 Å². The highest BCUT2D eigenvalue weighted by atomic mass is 16.5. The maximum atomic E-state index is 13.3. The number of ketones is 1. The van der Waals surface area contributed by atoms with Crippen LogP contribution in [0.15, 0.2) is 72.8 Å². The SMILES string of the molecule is CCCOc1ccc(/C(O)=C2\C(=O)C(=O)N(CCCn3ccnc3)[C@H]2c2ccc(C(C)(C)C)cc2)cc1. The zero-order valence-electron chi connectivity index (χ0n) is 22.0. The van der Waals surface area contributed by atoms with Crippen molar-refractivity contribution < 1.29 is 19.4 Å². The molecule has 1 fully saturated rings. The fourth-order valence-corrected chi connectivity index (χ4v) is 4.55. The Hall–Kier alpha value is -3.87. The number of aliphatic hydroxyl groups excluding tert-OH is 1. The van der Waals surface area contributed by atoms with Gasteiger partial charge in [-0.05, 0) is 53.6 Å². The van der Waals surface area contributed by atoms with Crippen LogP contribution in [-0.2, 0) is 21.5 Å². The van der Waals surface area contributed by atoms with Crippen LogP contribution in [0.2, 0.25) is 0 Å². The van der Waals surface area contributed by atoms with Crippen LogP contribution < -0.4 is 4.74 Å². The number of nitrogens with zero attached hydrogens (tertiary/aromatic N) is 3. The monoisotopic (exact) mass is 501 g/mol. The van der Waals surface area contributed by atoms with E-state index in [1.807, 2.05) is 42.0 Å². The molecule has 1 saturated heterocycles. The van der Waals surface area contributed by atoms with E-state index in [4.69, 9.17) is 4.74 Å². The Labute approximate surface area is 218 Å². The van der Waals surface area contributed by atoms with Gasteiger partial charge in [0.2, 0.25) is 0 Å². The van der Waals surface area contributed by atoms with Gasteiger partial charge < -0.3 is 19.3 Å². The number of aryl methyl sites for hydroxylation is 1. The highest BCUT2D eigenvalue weighted by Gasteiger charge is 2.45. The first kappa shape index (κ1) is 26.2. The van der Waals surface area contributed by atoms with Crippen LogP contribution in [0.4, 0.5) is 0 Å². The van der Waals surface area contributed by atoms with E-state index in [-0.39, 0.29) is 16.7 Å². The van der Waals surface area contributed by atoms with Gasteiger partial charge in [0.05, 0.1) is 24.5 Å². The number of aliphatic hydroxyl groups is 1. The lowest BCUT2D eigenvalue weighted by atomic mass is 9.85. The third kappa shape index (κ3) is 5.77. The molecule has 37 heavy (non-hydrogen) atoms. The molecule has 0 bridgehead atoms. The third-order valence-electron chi connectivity index (χ3n) is 6.61. The van der Waals surface area contributed by atoms with E-state index < -0.39 is 17.7 Å². The molecule has 0 saturated carbocycles. The van der Waals surface area contributed by atoms with Crippen molar-refractivity contribution in [2.75, 3.05) is 13.2 Å². The number of ether oxygens (including phenoxy) is 1. The molecule has 7 nitrogen and oxygen atoms in total. The quantitative estimate of drug-likeness (QED) is 0.238. The van der Waals surface area contributed by atoms with Crippen molar-refractivity contribution >= 4 is 17.4 Å². The summed E-state index contributed by atoms with van der Waals surface area (Å²) in [5, 5.41) is 11.3. The Kier molecular flexibility index (Phi) is 7.81. The molecule has 1 N–H and O–H groups in total. The third-order valence-corrected chi connectivity index (χ3v) is 6.61. The van der Waals surface area contributed by atoms with Crippen molar-refractivity contribution in [3.8, 4) is 5.75 Å². The van der Waals surface area contributed by atoms with Crippen LogP contribution in [0.5, 0.6) is 5.75 Å². The predicted octanol–water partition coefficient (Wildman–Crippen LogP) is 5.48. The number of amides is 1. The first-order valence-corrected chi connectivity index (χ1v) is 12.8. The van der Waals surface area contributed by atoms with E-state index in [1.54, 1.807) is 41.7 Å². The molecule has 0 spiro atoms. The lowest BCUT2D eigenvalue weighted by Crippen LogP contribution is -2.31. The topological polar surface area (TPSA) is 84.7 Å². The van der Waals surface area contributed by atoms with Crippen molar-refractivity contribution in [3.05, 3.63) is 89.5 Å². The Bertz CT molecular complexity index is 1250. The van der Waals surface area contributed by atoms with Crippen LogP contribution in [0, 0.1) is 0 Å². The lowest BCUT2D eigenvalue weighted by molar-refractivity contribution is -0.139. The van der Waals surface area contributed by atoms with Crippen LogP contribution in [-0.4, -0.2) is 44.4 Å². The van der Waals surface area contributed by atoms with Gasteiger partial charge in [-0.15, -0.1) is 0 Å². The van der Waals surface area contributed by atoms with Crippen molar-refractivity contribution in [2.24, 2.45) is 0 Å². The first-order valence-electron chi connectivity index (χ1n) is 12.8. The van der Waals surface area contributed by atoms with Gasteiger partial charge in [-0.25, -0.2) is 4.98 Å². The van der Waals surface area contributed by atoms with Gasteiger partial charge in [0, 0.05) is 31.0 Å². The summed E-state index contributed by atoms with van der Waals surface area (Å²) in [6.07, 6.45) is 6.83. The maximum absolute atomic E-state index is 13.3. The molecule has 1 aliphatic heterocycles. The number of likely N-dealkylation sites (tertiary alicyclic amines) is 1. The van der Waals surface area contributed by atoms with E-state index in [2.05, 4.69) is 25.8 Å². The molecule has 194 valence electrons. The van der Waals surface area contributed by atoms with Crippen molar-refractivity contribution in [1.82, 2.24) is 14.5 Å². The van der Waals surface area contributed by atoms with E-state index >= 15 is 0 Å². The molecule has 1 amide bonds. The fraction of sp³-hybridized carbons (Fsp3) is 0.367. The molecule has 1 atom stereocenters. The molecule has 0 unspecified atom stereocenters. The Morgan fingerprint density at radius 3 is 2.32 bits per heavy atom. The number of hydrogen-bond donors (Lipinski definition) is 1. The Morgan fingerprint density at radius 1 is 1.03 bits per heavy atom.